The van der Waals surface area contributed by atoms with Crippen LogP contribution in [0.15, 0.2) is 36.5 Å². The van der Waals surface area contributed by atoms with Crippen LogP contribution in [-0.4, -0.2) is 20.6 Å². The summed E-state index contributed by atoms with van der Waals surface area (Å²) in [5.74, 6) is -0.304. The number of benzene rings is 1. The predicted octanol–water partition coefficient (Wildman–Crippen LogP) is 3.89. The first-order valence-corrected chi connectivity index (χ1v) is 10.1. The lowest BCUT2D eigenvalue weighted by Gasteiger charge is -2.09. The van der Waals surface area contributed by atoms with Crippen molar-refractivity contribution in [2.24, 2.45) is 0 Å². The van der Waals surface area contributed by atoms with E-state index in [9.17, 15) is 20.2 Å². The normalized spacial score (nSPS) is 12.6. The Morgan fingerprint density at radius 3 is 2.93 bits per heavy atom. The molecule has 0 saturated heterocycles. The molecular weight excluding hydrogens is 406 g/mol. The van der Waals surface area contributed by atoms with Gasteiger partial charge in [-0.15, -0.1) is 11.3 Å². The molecule has 10 heteroatoms. The Labute approximate surface area is 175 Å². The fourth-order valence-corrected chi connectivity index (χ4v) is 4.59. The van der Waals surface area contributed by atoms with E-state index in [0.717, 1.165) is 36.1 Å². The highest BCUT2D eigenvalue weighted by atomic mass is 32.1. The van der Waals surface area contributed by atoms with Crippen molar-refractivity contribution >= 4 is 27.9 Å². The Morgan fingerprint density at radius 2 is 2.13 bits per heavy atom. The summed E-state index contributed by atoms with van der Waals surface area (Å²) in [7, 11) is 0. The number of ether oxygens (including phenoxy) is 1. The van der Waals surface area contributed by atoms with Crippen molar-refractivity contribution in [2.75, 3.05) is 5.32 Å². The van der Waals surface area contributed by atoms with Crippen LogP contribution in [0, 0.1) is 21.4 Å². The number of anilines is 1. The fourth-order valence-electron chi connectivity index (χ4n) is 3.36. The molecule has 1 aliphatic rings. The average Bonchev–Trinajstić information content (AvgIpc) is 3.36. The van der Waals surface area contributed by atoms with Gasteiger partial charge in [0.25, 0.3) is 5.91 Å². The van der Waals surface area contributed by atoms with Gasteiger partial charge in [-0.05, 0) is 43.4 Å². The average molecular weight is 423 g/mol. The van der Waals surface area contributed by atoms with Gasteiger partial charge < -0.3 is 10.1 Å². The van der Waals surface area contributed by atoms with Gasteiger partial charge in [-0.3, -0.25) is 14.9 Å². The number of aromatic nitrogens is 2. The van der Waals surface area contributed by atoms with E-state index in [1.807, 2.05) is 0 Å². The number of para-hydroxylation sites is 2. The van der Waals surface area contributed by atoms with E-state index in [-0.39, 0.29) is 23.9 Å². The second-order valence-corrected chi connectivity index (χ2v) is 7.82. The first-order chi connectivity index (χ1) is 14.6. The number of fused-ring (bicyclic) bond motifs is 1. The number of rotatable bonds is 6. The molecule has 0 saturated carbocycles. The van der Waals surface area contributed by atoms with Gasteiger partial charge in [0.2, 0.25) is 0 Å². The summed E-state index contributed by atoms with van der Waals surface area (Å²) in [6.45, 7) is -0.0884. The molecule has 0 aliphatic heterocycles. The van der Waals surface area contributed by atoms with Crippen molar-refractivity contribution in [2.45, 2.75) is 32.4 Å². The second kappa shape index (κ2) is 8.34. The summed E-state index contributed by atoms with van der Waals surface area (Å²) >= 11 is 1.45. The number of hydrogen-bond donors (Lipinski definition) is 1. The number of hydrogen-bond acceptors (Lipinski definition) is 7. The minimum absolute atomic E-state index is 0.0884. The summed E-state index contributed by atoms with van der Waals surface area (Å²) in [6.07, 6.45) is 5.49. The van der Waals surface area contributed by atoms with E-state index in [0.29, 0.717) is 10.6 Å². The van der Waals surface area contributed by atoms with Gasteiger partial charge in [0.1, 0.15) is 11.1 Å². The maximum absolute atomic E-state index is 12.6. The second-order valence-electron chi connectivity index (χ2n) is 6.72. The Kier molecular flexibility index (Phi) is 5.45. The molecule has 3 aromatic rings. The van der Waals surface area contributed by atoms with Crippen LogP contribution in [0.25, 0.3) is 0 Å². The van der Waals surface area contributed by atoms with Crippen LogP contribution in [0.4, 0.5) is 10.7 Å². The van der Waals surface area contributed by atoms with Crippen LogP contribution < -0.4 is 10.1 Å². The Morgan fingerprint density at radius 1 is 1.33 bits per heavy atom. The molecule has 0 spiro atoms. The van der Waals surface area contributed by atoms with Crippen LogP contribution in [0.5, 0.6) is 5.75 Å². The lowest BCUT2D eigenvalue weighted by atomic mass is 9.96. The van der Waals surface area contributed by atoms with E-state index in [1.54, 1.807) is 18.3 Å². The number of nitrogens with one attached hydrogen (secondary N) is 1. The molecule has 1 amide bonds. The maximum Gasteiger partial charge on any atom is 0.311 e. The third-order valence-corrected chi connectivity index (χ3v) is 6.00. The van der Waals surface area contributed by atoms with Crippen LogP contribution in [0.1, 0.15) is 39.3 Å². The SMILES string of the molecule is N#Cc1c(NC(=O)c2ccn(COc3ccccc3[N+](=O)[O-])n2)sc2c1CCCC2. The van der Waals surface area contributed by atoms with Gasteiger partial charge in [0.15, 0.2) is 18.2 Å². The number of carbonyl (C=O) groups excluding carboxylic acids is 1. The molecule has 0 unspecified atom stereocenters. The standard InChI is InChI=1S/C20H17N5O4S/c21-11-14-13-5-1-4-8-18(13)30-20(14)22-19(26)15-9-10-24(23-15)12-29-17-7-3-2-6-16(17)25(27)28/h2-3,6-7,9-10H,1,4-5,8,12H2,(H,22,26). The highest BCUT2D eigenvalue weighted by Crippen LogP contribution is 2.37. The molecule has 2 heterocycles. The van der Waals surface area contributed by atoms with Gasteiger partial charge in [-0.2, -0.15) is 10.4 Å². The van der Waals surface area contributed by atoms with Gasteiger partial charge >= 0.3 is 5.69 Å². The zero-order valence-electron chi connectivity index (χ0n) is 15.8. The molecule has 9 nitrogen and oxygen atoms in total. The lowest BCUT2D eigenvalue weighted by Crippen LogP contribution is -2.14. The Balaban J connectivity index is 1.45. The van der Waals surface area contributed by atoms with Crippen LogP contribution in [-0.2, 0) is 19.6 Å². The summed E-state index contributed by atoms with van der Waals surface area (Å²) in [4.78, 5) is 24.3. The molecule has 0 fully saturated rings. The van der Waals surface area contributed by atoms with Gasteiger partial charge in [0.05, 0.1) is 10.5 Å². The number of thiophene rings is 1. The van der Waals surface area contributed by atoms with Crippen LogP contribution in [0.2, 0.25) is 0 Å². The molecule has 0 bridgehead atoms. The highest BCUT2D eigenvalue weighted by molar-refractivity contribution is 7.16. The zero-order valence-corrected chi connectivity index (χ0v) is 16.6. The molecule has 1 N–H and O–H groups in total. The van der Waals surface area contributed by atoms with E-state index in [1.165, 1.54) is 34.2 Å². The predicted molar refractivity (Wildman–Crippen MR) is 110 cm³/mol. The summed E-state index contributed by atoms with van der Waals surface area (Å²) < 4.78 is 6.84. The topological polar surface area (TPSA) is 123 Å². The molecule has 0 radical (unpaired) electrons. The molecular formula is C20H17N5O4S. The third-order valence-electron chi connectivity index (χ3n) is 4.80. The smallest absolute Gasteiger partial charge is 0.311 e. The van der Waals surface area contributed by atoms with Gasteiger partial charge in [0, 0.05) is 17.1 Å². The van der Waals surface area contributed by atoms with E-state index in [2.05, 4.69) is 16.5 Å². The van der Waals surface area contributed by atoms with Crippen LogP contribution in [0.3, 0.4) is 0 Å². The highest BCUT2D eigenvalue weighted by Gasteiger charge is 2.23. The minimum atomic E-state index is -0.523. The Hall–Kier alpha value is -3.71. The quantitative estimate of drug-likeness (QED) is 0.474. The van der Waals surface area contributed by atoms with E-state index in [4.69, 9.17) is 4.74 Å². The Bertz CT molecular complexity index is 1160. The number of carbonyl (C=O) groups is 1. The third kappa shape index (κ3) is 3.88. The van der Waals surface area contributed by atoms with Gasteiger partial charge in [-0.1, -0.05) is 12.1 Å². The summed E-state index contributed by atoms with van der Waals surface area (Å²) in [6, 6.07) is 9.78. The molecule has 4 rings (SSSR count). The summed E-state index contributed by atoms with van der Waals surface area (Å²) in [5, 5.41) is 28.1. The van der Waals surface area contributed by atoms with E-state index >= 15 is 0 Å². The van der Waals surface area contributed by atoms with E-state index < -0.39 is 10.8 Å². The maximum atomic E-state index is 12.6. The minimum Gasteiger partial charge on any atom is -0.464 e. The molecule has 0 atom stereocenters. The summed E-state index contributed by atoms with van der Waals surface area (Å²) in [5.41, 5.74) is 1.61. The number of nitriles is 1. The van der Waals surface area contributed by atoms with Crippen molar-refractivity contribution in [3.63, 3.8) is 0 Å². The van der Waals surface area contributed by atoms with Crippen molar-refractivity contribution in [3.05, 3.63) is 68.3 Å². The number of amides is 1. The fraction of sp³-hybridized carbons (Fsp3) is 0.250. The van der Waals surface area contributed by atoms with Crippen molar-refractivity contribution in [1.82, 2.24) is 9.78 Å². The zero-order chi connectivity index (χ0) is 21.1. The number of nitro groups is 1. The lowest BCUT2D eigenvalue weighted by molar-refractivity contribution is -0.386. The van der Waals surface area contributed by atoms with Crippen molar-refractivity contribution in [1.29, 1.82) is 5.26 Å². The largest absolute Gasteiger partial charge is 0.464 e. The number of nitro benzene ring substituents is 1. The molecule has 152 valence electrons. The van der Waals surface area contributed by atoms with Gasteiger partial charge in [-0.25, -0.2) is 4.68 Å². The molecule has 30 heavy (non-hydrogen) atoms. The molecule has 1 aromatic carbocycles. The first kappa shape index (κ1) is 19.6. The monoisotopic (exact) mass is 423 g/mol. The van der Waals surface area contributed by atoms with Crippen LogP contribution >= 0.6 is 11.3 Å². The first-order valence-electron chi connectivity index (χ1n) is 9.32. The number of nitrogens with zero attached hydrogens (tertiary/aromatic N) is 4. The molecule has 2 aromatic heterocycles. The number of aryl methyl sites for hydroxylation is 1. The molecule has 1 aliphatic carbocycles. The van der Waals surface area contributed by atoms with Crippen molar-refractivity contribution < 1.29 is 14.5 Å². The van der Waals surface area contributed by atoms with Crippen molar-refractivity contribution in [3.8, 4) is 11.8 Å².